The lowest BCUT2D eigenvalue weighted by atomic mass is 9.93. The molecule has 0 aliphatic rings. The normalized spacial score (nSPS) is 12.0. The van der Waals surface area contributed by atoms with E-state index in [9.17, 15) is 29.7 Å². The zero-order valence-corrected chi connectivity index (χ0v) is 14.5. The number of phenols is 3. The minimum Gasteiger partial charge on any atom is -0.508 e. The number of fused-ring (bicyclic) bond motifs is 1. The summed E-state index contributed by atoms with van der Waals surface area (Å²) < 4.78 is 0.236. The van der Waals surface area contributed by atoms with Gasteiger partial charge < -0.3 is 26.8 Å². The fourth-order valence-corrected chi connectivity index (χ4v) is 4.12. The van der Waals surface area contributed by atoms with Crippen LogP contribution in [0.5, 0.6) is 17.2 Å². The van der Waals surface area contributed by atoms with Crippen LogP contribution in [0.15, 0.2) is 41.2 Å². The highest BCUT2D eigenvalue weighted by Gasteiger charge is 2.29. The van der Waals surface area contributed by atoms with Gasteiger partial charge >= 0.3 is 0 Å². The molecule has 0 saturated heterocycles. The summed E-state index contributed by atoms with van der Waals surface area (Å²) in [6, 6.07) is 7.72. The predicted molar refractivity (Wildman–Crippen MR) is 99.1 cm³/mol. The van der Waals surface area contributed by atoms with E-state index in [2.05, 4.69) is 0 Å². The first-order chi connectivity index (χ1) is 12.7. The second kappa shape index (κ2) is 6.61. The van der Waals surface area contributed by atoms with E-state index in [1.54, 1.807) is 0 Å². The van der Waals surface area contributed by atoms with Crippen molar-refractivity contribution in [3.63, 3.8) is 0 Å². The van der Waals surface area contributed by atoms with Crippen molar-refractivity contribution < 1.29 is 24.9 Å². The van der Waals surface area contributed by atoms with Crippen molar-refractivity contribution in [2.45, 2.75) is 5.92 Å². The molecule has 8 nitrogen and oxygen atoms in total. The standard InChI is InChI=1S/C18H14N2O6S/c19-17(25)13(7-1-3-8(21)4-2-7)16-14(18(20)26)15(24)9-5-10(22)11(23)6-12(9)27-16/h1-6,13,21-23H,(H2,19,25)(H2,20,26). The highest BCUT2D eigenvalue weighted by atomic mass is 32.1. The summed E-state index contributed by atoms with van der Waals surface area (Å²) in [6.07, 6.45) is 0. The molecule has 0 bridgehead atoms. The van der Waals surface area contributed by atoms with Gasteiger partial charge in [0.1, 0.15) is 11.3 Å². The third kappa shape index (κ3) is 3.15. The number of amides is 2. The number of primary amides is 2. The summed E-state index contributed by atoms with van der Waals surface area (Å²) in [5, 5.41) is 28.8. The lowest BCUT2D eigenvalue weighted by molar-refractivity contribution is -0.118. The topological polar surface area (TPSA) is 164 Å². The molecule has 1 aromatic heterocycles. The van der Waals surface area contributed by atoms with E-state index < -0.39 is 40.2 Å². The number of benzene rings is 2. The van der Waals surface area contributed by atoms with Gasteiger partial charge in [-0.2, -0.15) is 0 Å². The SMILES string of the molecule is NC(=O)c1c(C(C(N)=O)c2ccc(O)cc2)sc2cc(O)c(O)cc2c1=O. The van der Waals surface area contributed by atoms with Gasteiger partial charge in [-0.05, 0) is 23.8 Å². The first-order valence-electron chi connectivity index (χ1n) is 7.61. The summed E-state index contributed by atoms with van der Waals surface area (Å²) in [7, 11) is 0. The maximum absolute atomic E-state index is 12.8. The Kier molecular flexibility index (Phi) is 4.46. The van der Waals surface area contributed by atoms with Crippen molar-refractivity contribution in [2.75, 3.05) is 0 Å². The molecule has 7 N–H and O–H groups in total. The minimum absolute atomic E-state index is 0.0169. The molecule has 0 saturated carbocycles. The molecule has 1 unspecified atom stereocenters. The van der Waals surface area contributed by atoms with Crippen molar-refractivity contribution in [3.05, 3.63) is 62.6 Å². The average Bonchev–Trinajstić information content (AvgIpc) is 2.58. The Bertz CT molecular complexity index is 1140. The van der Waals surface area contributed by atoms with Crippen molar-refractivity contribution in [3.8, 4) is 17.2 Å². The van der Waals surface area contributed by atoms with Crippen LogP contribution in [-0.4, -0.2) is 27.1 Å². The summed E-state index contributed by atoms with van der Waals surface area (Å²) in [4.78, 5) is 36.9. The lowest BCUT2D eigenvalue weighted by Crippen LogP contribution is -2.29. The fourth-order valence-electron chi connectivity index (χ4n) is 2.78. The summed E-state index contributed by atoms with van der Waals surface area (Å²) in [5.74, 6) is -4.08. The van der Waals surface area contributed by atoms with Crippen molar-refractivity contribution >= 4 is 33.2 Å². The molecule has 0 fully saturated rings. The summed E-state index contributed by atoms with van der Waals surface area (Å²) in [6.45, 7) is 0. The first-order valence-corrected chi connectivity index (χ1v) is 8.43. The lowest BCUT2D eigenvalue weighted by Gasteiger charge is -2.17. The van der Waals surface area contributed by atoms with Crippen molar-refractivity contribution in [1.82, 2.24) is 0 Å². The van der Waals surface area contributed by atoms with Crippen molar-refractivity contribution in [1.29, 1.82) is 0 Å². The molecule has 3 aromatic rings. The number of hydrogen-bond donors (Lipinski definition) is 5. The van der Waals surface area contributed by atoms with Gasteiger partial charge in [0.15, 0.2) is 11.5 Å². The van der Waals surface area contributed by atoms with Gasteiger partial charge in [0.05, 0.1) is 5.92 Å². The minimum atomic E-state index is -1.17. The Labute approximate surface area is 155 Å². The summed E-state index contributed by atoms with van der Waals surface area (Å²) >= 11 is 0.879. The van der Waals surface area contributed by atoms with Crippen LogP contribution in [0.1, 0.15) is 26.7 Å². The van der Waals surface area contributed by atoms with Gasteiger partial charge in [-0.1, -0.05) is 12.1 Å². The molecular weight excluding hydrogens is 372 g/mol. The van der Waals surface area contributed by atoms with Crippen LogP contribution in [0.4, 0.5) is 0 Å². The molecule has 2 amide bonds. The van der Waals surface area contributed by atoms with E-state index in [0.29, 0.717) is 5.56 Å². The number of carbonyl (C=O) groups is 2. The van der Waals surface area contributed by atoms with E-state index in [1.165, 1.54) is 24.3 Å². The number of aromatic hydroxyl groups is 3. The zero-order chi connectivity index (χ0) is 19.9. The van der Waals surface area contributed by atoms with Crippen LogP contribution in [0.2, 0.25) is 0 Å². The second-order valence-corrected chi connectivity index (χ2v) is 6.88. The molecule has 0 spiro atoms. The number of nitrogens with two attached hydrogens (primary N) is 2. The van der Waals surface area contributed by atoms with E-state index >= 15 is 0 Å². The maximum Gasteiger partial charge on any atom is 0.253 e. The van der Waals surface area contributed by atoms with Gasteiger partial charge in [-0.15, -0.1) is 11.3 Å². The molecule has 3 rings (SSSR count). The largest absolute Gasteiger partial charge is 0.508 e. The van der Waals surface area contributed by atoms with Gasteiger partial charge in [0.2, 0.25) is 11.3 Å². The maximum atomic E-state index is 12.8. The number of hydrogen-bond acceptors (Lipinski definition) is 7. The Balaban J connectivity index is 2.40. The zero-order valence-electron chi connectivity index (χ0n) is 13.7. The fraction of sp³-hybridized carbons (Fsp3) is 0.0556. The van der Waals surface area contributed by atoms with Crippen LogP contribution >= 0.6 is 11.3 Å². The van der Waals surface area contributed by atoms with Crippen LogP contribution in [0.3, 0.4) is 0 Å². The second-order valence-electron chi connectivity index (χ2n) is 5.80. The van der Waals surface area contributed by atoms with Crippen molar-refractivity contribution in [2.24, 2.45) is 11.5 Å². The van der Waals surface area contributed by atoms with Crippen LogP contribution in [0, 0.1) is 0 Å². The molecule has 1 heterocycles. The molecule has 2 aromatic carbocycles. The average molecular weight is 386 g/mol. The van der Waals surface area contributed by atoms with Crippen LogP contribution in [0.25, 0.3) is 10.1 Å². The molecule has 0 aliphatic carbocycles. The Morgan fingerprint density at radius 2 is 1.56 bits per heavy atom. The molecule has 0 aliphatic heterocycles. The predicted octanol–water partition coefficient (Wildman–Crippen LogP) is 1.09. The van der Waals surface area contributed by atoms with Gasteiger partial charge in [-0.3, -0.25) is 14.4 Å². The molecule has 27 heavy (non-hydrogen) atoms. The number of phenolic OH excluding ortho intramolecular Hbond substituents is 3. The van der Waals surface area contributed by atoms with E-state index in [-0.39, 0.29) is 20.7 Å². The number of rotatable bonds is 4. The monoisotopic (exact) mass is 386 g/mol. The van der Waals surface area contributed by atoms with Gasteiger partial charge in [-0.25, -0.2) is 0 Å². The summed E-state index contributed by atoms with van der Waals surface area (Å²) in [5.41, 5.74) is 10.0. The Morgan fingerprint density at radius 3 is 2.11 bits per heavy atom. The van der Waals surface area contributed by atoms with E-state index in [0.717, 1.165) is 23.5 Å². The molecule has 1 atom stereocenters. The third-order valence-electron chi connectivity index (χ3n) is 4.03. The third-order valence-corrected chi connectivity index (χ3v) is 5.25. The molecular formula is C18H14N2O6S. The van der Waals surface area contributed by atoms with E-state index in [1.807, 2.05) is 0 Å². The van der Waals surface area contributed by atoms with Gasteiger partial charge in [0, 0.05) is 21.0 Å². The highest BCUT2D eigenvalue weighted by Crippen LogP contribution is 2.37. The van der Waals surface area contributed by atoms with Crippen LogP contribution < -0.4 is 16.9 Å². The quantitative estimate of drug-likeness (QED) is 0.421. The van der Waals surface area contributed by atoms with E-state index in [4.69, 9.17) is 11.5 Å². The first kappa shape index (κ1) is 18.2. The Morgan fingerprint density at radius 1 is 0.963 bits per heavy atom. The highest BCUT2D eigenvalue weighted by molar-refractivity contribution is 7.18. The van der Waals surface area contributed by atoms with Gasteiger partial charge in [0.25, 0.3) is 5.91 Å². The molecule has 9 heteroatoms. The molecule has 138 valence electrons. The van der Waals surface area contributed by atoms with Crippen LogP contribution in [-0.2, 0) is 4.79 Å². The molecule has 0 radical (unpaired) electrons. The Hall–Kier alpha value is -3.59. The smallest absolute Gasteiger partial charge is 0.253 e. The number of carbonyl (C=O) groups excluding carboxylic acids is 2.